The minimum atomic E-state index is -0.284. The van der Waals surface area contributed by atoms with E-state index in [-0.39, 0.29) is 17.8 Å². The molecule has 0 saturated carbocycles. The number of benzene rings is 2. The second-order valence-electron chi connectivity index (χ2n) is 8.12. The van der Waals surface area contributed by atoms with E-state index in [2.05, 4.69) is 29.8 Å². The Labute approximate surface area is 166 Å². The molecule has 28 heavy (non-hydrogen) atoms. The Morgan fingerprint density at radius 3 is 2.32 bits per heavy atom. The van der Waals surface area contributed by atoms with Crippen LogP contribution in [0, 0.1) is 19.7 Å². The minimum Gasteiger partial charge on any atom is -0.304 e. The fourth-order valence-electron chi connectivity index (χ4n) is 4.27. The summed E-state index contributed by atoms with van der Waals surface area (Å²) in [6.45, 7) is 9.39. The van der Waals surface area contributed by atoms with Gasteiger partial charge < -0.3 is 14.7 Å². The van der Waals surface area contributed by atoms with Crippen LogP contribution in [0.25, 0.3) is 0 Å². The first kappa shape index (κ1) is 19.1. The topological polar surface area (TPSA) is 26.8 Å². The lowest BCUT2D eigenvalue weighted by Gasteiger charge is -2.34. The van der Waals surface area contributed by atoms with E-state index in [1.165, 1.54) is 17.7 Å². The van der Waals surface area contributed by atoms with Crippen LogP contribution in [0.5, 0.6) is 0 Å². The molecule has 2 aliphatic rings. The molecule has 1 fully saturated rings. The molecule has 1 saturated heterocycles. The number of likely N-dealkylation sites (N-methyl/N-ethyl adjacent to an activating group) is 1. The highest BCUT2D eigenvalue weighted by Gasteiger charge is 2.38. The van der Waals surface area contributed by atoms with Crippen molar-refractivity contribution in [1.29, 1.82) is 0 Å². The molecule has 4 nitrogen and oxygen atoms in total. The van der Waals surface area contributed by atoms with Gasteiger partial charge in [-0.3, -0.25) is 4.79 Å². The van der Waals surface area contributed by atoms with Gasteiger partial charge >= 0.3 is 0 Å². The van der Waals surface area contributed by atoms with Gasteiger partial charge in [0.1, 0.15) is 5.82 Å². The van der Waals surface area contributed by atoms with Gasteiger partial charge in [0, 0.05) is 44.0 Å². The highest BCUT2D eigenvalue weighted by atomic mass is 19.1. The summed E-state index contributed by atoms with van der Waals surface area (Å²) >= 11 is 0. The van der Waals surface area contributed by atoms with E-state index >= 15 is 0 Å². The number of aryl methyl sites for hydroxylation is 2. The molecule has 4 rings (SSSR count). The summed E-state index contributed by atoms with van der Waals surface area (Å²) in [7, 11) is 2.16. The van der Waals surface area contributed by atoms with Gasteiger partial charge in [-0.25, -0.2) is 4.39 Å². The Bertz CT molecular complexity index is 872. The summed E-state index contributed by atoms with van der Waals surface area (Å²) in [6, 6.07) is 10.5. The lowest BCUT2D eigenvalue weighted by atomic mass is 9.96. The highest BCUT2D eigenvalue weighted by Crippen LogP contribution is 2.40. The summed E-state index contributed by atoms with van der Waals surface area (Å²) in [4.78, 5) is 19.9. The van der Waals surface area contributed by atoms with Crippen LogP contribution >= 0.6 is 0 Å². The zero-order chi connectivity index (χ0) is 19.8. The first-order valence-corrected chi connectivity index (χ1v) is 10.0. The van der Waals surface area contributed by atoms with Crippen molar-refractivity contribution in [2.24, 2.45) is 0 Å². The number of fused-ring (bicyclic) bond motifs is 1. The summed E-state index contributed by atoms with van der Waals surface area (Å²) < 4.78 is 13.4. The average molecular weight is 381 g/mol. The Morgan fingerprint density at radius 1 is 1.00 bits per heavy atom. The number of carbonyl (C=O) groups is 1. The van der Waals surface area contributed by atoms with Crippen LogP contribution in [0.15, 0.2) is 36.4 Å². The maximum atomic E-state index is 13.4. The van der Waals surface area contributed by atoms with Crippen molar-refractivity contribution in [2.75, 3.05) is 44.7 Å². The van der Waals surface area contributed by atoms with Gasteiger partial charge in [-0.2, -0.15) is 0 Å². The Hall–Kier alpha value is -2.24. The highest BCUT2D eigenvalue weighted by molar-refractivity contribution is 6.11. The first-order chi connectivity index (χ1) is 13.4. The molecule has 0 bridgehead atoms. The third-order valence-corrected chi connectivity index (χ3v) is 6.21. The van der Waals surface area contributed by atoms with Crippen molar-refractivity contribution in [3.63, 3.8) is 0 Å². The zero-order valence-electron chi connectivity index (χ0n) is 16.9. The molecule has 1 atom stereocenters. The summed E-state index contributed by atoms with van der Waals surface area (Å²) in [5.74, 6) is -0.262. The molecule has 5 heteroatoms. The molecule has 2 aromatic rings. The van der Waals surface area contributed by atoms with E-state index in [4.69, 9.17) is 0 Å². The number of piperazine rings is 1. The number of rotatable bonds is 4. The van der Waals surface area contributed by atoms with Gasteiger partial charge in [0.25, 0.3) is 5.91 Å². The lowest BCUT2D eigenvalue weighted by Crippen LogP contribution is -2.45. The van der Waals surface area contributed by atoms with Crippen molar-refractivity contribution < 1.29 is 9.18 Å². The molecule has 148 valence electrons. The molecule has 2 aromatic carbocycles. The molecule has 0 aromatic heterocycles. The van der Waals surface area contributed by atoms with Crippen LogP contribution in [-0.4, -0.2) is 55.5 Å². The summed E-state index contributed by atoms with van der Waals surface area (Å²) in [5, 5.41) is 0. The monoisotopic (exact) mass is 381 g/mol. The van der Waals surface area contributed by atoms with E-state index in [0.717, 1.165) is 61.5 Å². The molecule has 0 spiro atoms. The van der Waals surface area contributed by atoms with E-state index in [0.29, 0.717) is 0 Å². The number of hydrogen-bond donors (Lipinski definition) is 0. The lowest BCUT2D eigenvalue weighted by molar-refractivity contribution is 0.0987. The first-order valence-electron chi connectivity index (χ1n) is 10.0. The predicted octanol–water partition coefficient (Wildman–Crippen LogP) is 3.78. The fourth-order valence-corrected chi connectivity index (χ4v) is 4.27. The molecule has 1 amide bonds. The van der Waals surface area contributed by atoms with Crippen molar-refractivity contribution >= 4 is 11.6 Å². The van der Waals surface area contributed by atoms with Gasteiger partial charge in [0.2, 0.25) is 0 Å². The Morgan fingerprint density at radius 2 is 1.64 bits per heavy atom. The normalized spacial score (nSPS) is 20.6. The molecule has 1 unspecified atom stereocenters. The van der Waals surface area contributed by atoms with E-state index in [1.807, 2.05) is 17.9 Å². The zero-order valence-corrected chi connectivity index (χ0v) is 16.9. The van der Waals surface area contributed by atoms with Crippen molar-refractivity contribution in [1.82, 2.24) is 9.80 Å². The van der Waals surface area contributed by atoms with Crippen LogP contribution in [0.2, 0.25) is 0 Å². The molecule has 0 aliphatic carbocycles. The largest absolute Gasteiger partial charge is 0.304 e. The number of amides is 1. The maximum Gasteiger partial charge on any atom is 0.259 e. The molecular weight excluding hydrogens is 353 g/mol. The average Bonchev–Trinajstić information content (AvgIpc) is 2.94. The third kappa shape index (κ3) is 3.56. The minimum absolute atomic E-state index is 0.00748. The number of nitrogens with zero attached hydrogens (tertiary/aromatic N) is 3. The number of hydrogen-bond acceptors (Lipinski definition) is 3. The van der Waals surface area contributed by atoms with Gasteiger partial charge in [-0.1, -0.05) is 6.07 Å². The maximum absolute atomic E-state index is 13.4. The van der Waals surface area contributed by atoms with E-state index < -0.39 is 0 Å². The Balaban J connectivity index is 1.64. The number of carbonyl (C=O) groups excluding carboxylic acids is 1. The third-order valence-electron chi connectivity index (χ3n) is 6.21. The standard InChI is InChI=1S/C23H28FN3O/c1-16-14-20-21(15-17(16)2)23(28)27(19-6-4-18(24)5-7-19)22(20)8-9-26-12-10-25(3)11-13-26/h4-7,14-15,22H,8-13H2,1-3H3. The SMILES string of the molecule is Cc1cc2c(cc1C)C(CCN1CCN(C)CC1)N(c1ccc(F)cc1)C2=O. The van der Waals surface area contributed by atoms with Crippen LogP contribution < -0.4 is 4.90 Å². The summed E-state index contributed by atoms with van der Waals surface area (Å²) in [6.07, 6.45) is 0.877. The second-order valence-corrected chi connectivity index (χ2v) is 8.12. The van der Waals surface area contributed by atoms with Crippen molar-refractivity contribution in [2.45, 2.75) is 26.3 Å². The molecule has 2 heterocycles. The molecule has 0 N–H and O–H groups in total. The van der Waals surface area contributed by atoms with E-state index in [9.17, 15) is 9.18 Å². The summed E-state index contributed by atoms with van der Waals surface area (Å²) in [5.41, 5.74) is 4.99. The number of halogens is 1. The van der Waals surface area contributed by atoms with Crippen molar-refractivity contribution in [3.05, 3.63) is 64.5 Å². The van der Waals surface area contributed by atoms with Crippen LogP contribution in [0.4, 0.5) is 10.1 Å². The van der Waals surface area contributed by atoms with E-state index in [1.54, 1.807) is 12.1 Å². The molecular formula is C23H28FN3O. The van der Waals surface area contributed by atoms with Crippen LogP contribution in [0.1, 0.15) is 39.5 Å². The van der Waals surface area contributed by atoms with Crippen molar-refractivity contribution in [3.8, 4) is 0 Å². The molecule has 0 radical (unpaired) electrons. The number of anilines is 1. The van der Waals surface area contributed by atoms with Gasteiger partial charge in [-0.05, 0) is 74.3 Å². The molecule has 2 aliphatic heterocycles. The van der Waals surface area contributed by atoms with Gasteiger partial charge in [0.05, 0.1) is 6.04 Å². The van der Waals surface area contributed by atoms with Crippen LogP contribution in [-0.2, 0) is 0 Å². The van der Waals surface area contributed by atoms with Crippen LogP contribution in [0.3, 0.4) is 0 Å². The quantitative estimate of drug-likeness (QED) is 0.806. The fraction of sp³-hybridized carbons (Fsp3) is 0.435. The predicted molar refractivity (Wildman–Crippen MR) is 110 cm³/mol. The van der Waals surface area contributed by atoms with Gasteiger partial charge in [0.15, 0.2) is 0 Å². The smallest absolute Gasteiger partial charge is 0.259 e. The Kier molecular flexibility index (Phi) is 5.21. The second kappa shape index (κ2) is 7.64. The van der Waals surface area contributed by atoms with Gasteiger partial charge in [-0.15, -0.1) is 0 Å².